The van der Waals surface area contributed by atoms with Gasteiger partial charge in [0.15, 0.2) is 5.11 Å². The number of thiocarbonyl (C=S) groups is 1. The van der Waals surface area contributed by atoms with Crippen LogP contribution in [0, 0.1) is 0 Å². The summed E-state index contributed by atoms with van der Waals surface area (Å²) in [4.78, 5) is 16.7. The quantitative estimate of drug-likeness (QED) is 0.589. The molecule has 1 atom stereocenters. The second-order valence-electron chi connectivity index (χ2n) is 5.97. The maximum absolute atomic E-state index is 12.4. The highest BCUT2D eigenvalue weighted by molar-refractivity contribution is 7.80. The average molecular weight is 381 g/mol. The summed E-state index contributed by atoms with van der Waals surface area (Å²) in [6.07, 6.45) is 0.557. The second kappa shape index (κ2) is 6.86. The number of anilines is 1. The molecule has 1 aliphatic heterocycles. The van der Waals surface area contributed by atoms with E-state index < -0.39 is 0 Å². The van der Waals surface area contributed by atoms with E-state index >= 15 is 0 Å². The topological polar surface area (TPSA) is 73.7 Å². The molecule has 0 spiro atoms. The van der Waals surface area contributed by atoms with Crippen molar-refractivity contribution < 1.29 is 5.11 Å². The van der Waals surface area contributed by atoms with Crippen molar-refractivity contribution in [1.82, 2.24) is 5.32 Å². The number of aromatic hydroxyl groups is 1. The fourth-order valence-electron chi connectivity index (χ4n) is 2.89. The molecule has 3 aromatic rings. The molecule has 0 aliphatic carbocycles. The van der Waals surface area contributed by atoms with Gasteiger partial charge in [-0.2, -0.15) is 0 Å². The highest BCUT2D eigenvalue weighted by Crippen LogP contribution is 2.24. The van der Waals surface area contributed by atoms with Gasteiger partial charge in [0.25, 0.3) is 4.74 Å². The van der Waals surface area contributed by atoms with Crippen molar-refractivity contribution in [2.45, 2.75) is 12.5 Å². The molecule has 0 radical (unpaired) electrons. The first-order valence-corrected chi connectivity index (χ1v) is 9.28. The Balaban J connectivity index is 1.61. The van der Waals surface area contributed by atoms with Gasteiger partial charge in [0, 0.05) is 11.1 Å². The number of nitrogens with zero attached hydrogens (tertiary/aromatic N) is 1. The fourth-order valence-corrected chi connectivity index (χ4v) is 3.95. The van der Waals surface area contributed by atoms with Crippen molar-refractivity contribution in [2.24, 2.45) is 4.99 Å². The Labute approximate surface area is 159 Å². The highest BCUT2D eigenvalue weighted by atomic mass is 32.1. The van der Waals surface area contributed by atoms with Gasteiger partial charge < -0.3 is 15.7 Å². The van der Waals surface area contributed by atoms with Gasteiger partial charge in [-0.25, -0.2) is 4.99 Å². The molecule has 4 rings (SSSR count). The molecule has 0 amide bonds. The van der Waals surface area contributed by atoms with Crippen LogP contribution < -0.4 is 15.4 Å². The number of hydrogen-bond donors (Lipinski definition) is 3. The molecule has 1 aromatic heterocycles. The van der Waals surface area contributed by atoms with Crippen molar-refractivity contribution in [3.63, 3.8) is 0 Å². The molecule has 1 unspecified atom stereocenters. The van der Waals surface area contributed by atoms with E-state index in [-0.39, 0.29) is 16.5 Å². The van der Waals surface area contributed by atoms with Crippen LogP contribution in [0.15, 0.2) is 64.4 Å². The zero-order valence-electron chi connectivity index (χ0n) is 13.6. The molecule has 0 saturated heterocycles. The maximum Gasteiger partial charge on any atom is 0.256 e. The van der Waals surface area contributed by atoms with Crippen LogP contribution >= 0.6 is 23.6 Å². The molecule has 130 valence electrons. The minimum absolute atomic E-state index is 0.0444. The Bertz CT molecular complexity index is 1070. The van der Waals surface area contributed by atoms with Crippen molar-refractivity contribution in [3.05, 3.63) is 69.7 Å². The van der Waals surface area contributed by atoms with Gasteiger partial charge in [-0.1, -0.05) is 41.7 Å². The summed E-state index contributed by atoms with van der Waals surface area (Å²) in [5.74, 6) is 0.860. The Hall–Kier alpha value is -2.77. The van der Waals surface area contributed by atoms with Crippen LogP contribution in [0.2, 0.25) is 0 Å². The fraction of sp³-hybridized carbons (Fsp3) is 0.105. The van der Waals surface area contributed by atoms with Gasteiger partial charge >= 0.3 is 0 Å². The van der Waals surface area contributed by atoms with Crippen LogP contribution in [-0.4, -0.2) is 16.1 Å². The van der Waals surface area contributed by atoms with Crippen molar-refractivity contribution in [3.8, 4) is 5.75 Å². The third kappa shape index (κ3) is 3.44. The predicted molar refractivity (Wildman–Crippen MR) is 110 cm³/mol. The first kappa shape index (κ1) is 16.7. The van der Waals surface area contributed by atoms with Gasteiger partial charge in [-0.15, -0.1) is 0 Å². The summed E-state index contributed by atoms with van der Waals surface area (Å²) in [6, 6.07) is 16.5. The van der Waals surface area contributed by atoms with Crippen molar-refractivity contribution in [2.75, 3.05) is 5.32 Å². The summed E-state index contributed by atoms with van der Waals surface area (Å²) in [6.45, 7) is 0. The average Bonchev–Trinajstić information content (AvgIpc) is 2.62. The Morgan fingerprint density at radius 2 is 1.96 bits per heavy atom. The molecule has 26 heavy (non-hydrogen) atoms. The van der Waals surface area contributed by atoms with Crippen LogP contribution in [-0.2, 0) is 0 Å². The monoisotopic (exact) mass is 381 g/mol. The number of hydrogen-bond acceptors (Lipinski definition) is 5. The highest BCUT2D eigenvalue weighted by Gasteiger charge is 2.21. The third-order valence-corrected chi connectivity index (χ3v) is 5.35. The second-order valence-corrected chi connectivity index (χ2v) is 7.37. The smallest absolute Gasteiger partial charge is 0.256 e. The van der Waals surface area contributed by atoms with E-state index in [0.29, 0.717) is 23.1 Å². The van der Waals surface area contributed by atoms with Crippen LogP contribution in [0.25, 0.3) is 10.1 Å². The summed E-state index contributed by atoms with van der Waals surface area (Å²) >= 11 is 6.46. The molecule has 3 N–H and O–H groups in total. The lowest BCUT2D eigenvalue weighted by atomic mass is 10.0. The first-order valence-electron chi connectivity index (χ1n) is 8.05. The van der Waals surface area contributed by atoms with E-state index in [0.717, 1.165) is 15.6 Å². The molecular formula is C19H15N3O2S2. The van der Waals surface area contributed by atoms with E-state index in [1.165, 1.54) is 11.3 Å². The third-order valence-electron chi connectivity index (χ3n) is 4.15. The number of aliphatic imine (C=N–C) groups is 1. The van der Waals surface area contributed by atoms with E-state index in [2.05, 4.69) is 15.6 Å². The number of benzene rings is 2. The van der Waals surface area contributed by atoms with Crippen molar-refractivity contribution >= 4 is 50.3 Å². The zero-order valence-corrected chi connectivity index (χ0v) is 15.2. The number of phenolic OH excluding ortho intramolecular Hbond substituents is 1. The number of phenols is 1. The van der Waals surface area contributed by atoms with Gasteiger partial charge in [0.2, 0.25) is 0 Å². The number of nitrogens with one attached hydrogen (secondary N) is 2. The molecular weight excluding hydrogens is 366 g/mol. The molecule has 5 nitrogen and oxygen atoms in total. The maximum atomic E-state index is 12.4. The Morgan fingerprint density at radius 1 is 1.19 bits per heavy atom. The van der Waals surface area contributed by atoms with E-state index in [4.69, 9.17) is 12.2 Å². The molecule has 0 saturated carbocycles. The normalized spacial score (nSPS) is 16.8. The van der Waals surface area contributed by atoms with Crippen LogP contribution in [0.1, 0.15) is 18.0 Å². The van der Waals surface area contributed by atoms with Crippen LogP contribution in [0.3, 0.4) is 0 Å². The summed E-state index contributed by atoms with van der Waals surface area (Å²) in [5.41, 5.74) is 1.49. The molecule has 0 bridgehead atoms. The zero-order chi connectivity index (χ0) is 18.1. The number of rotatable bonds is 2. The van der Waals surface area contributed by atoms with Crippen LogP contribution in [0.4, 0.5) is 5.69 Å². The number of amidine groups is 1. The van der Waals surface area contributed by atoms with Gasteiger partial charge in [-0.05, 0) is 47.4 Å². The van der Waals surface area contributed by atoms with Gasteiger partial charge in [-0.3, -0.25) is 4.79 Å². The Morgan fingerprint density at radius 3 is 2.77 bits per heavy atom. The minimum Gasteiger partial charge on any atom is -0.508 e. The molecule has 1 aliphatic rings. The van der Waals surface area contributed by atoms with Crippen LogP contribution in [0.5, 0.6) is 5.75 Å². The van der Waals surface area contributed by atoms with E-state index in [9.17, 15) is 9.90 Å². The first-order chi connectivity index (χ1) is 12.6. The predicted octanol–water partition coefficient (Wildman–Crippen LogP) is 3.80. The van der Waals surface area contributed by atoms with Gasteiger partial charge in [0.05, 0.1) is 11.7 Å². The van der Waals surface area contributed by atoms with E-state index in [1.807, 2.05) is 42.5 Å². The molecule has 2 aromatic carbocycles. The van der Waals surface area contributed by atoms with Crippen molar-refractivity contribution in [1.29, 1.82) is 0 Å². The Kier molecular flexibility index (Phi) is 4.40. The minimum atomic E-state index is -0.0673. The lowest BCUT2D eigenvalue weighted by molar-refractivity contribution is 0.474. The lowest BCUT2D eigenvalue weighted by Gasteiger charge is -2.25. The molecule has 0 fully saturated rings. The summed E-state index contributed by atoms with van der Waals surface area (Å²) in [5, 5.41) is 17.1. The SMILES string of the molecule is O=c1sc2ccccc2cc1NC1=NC(=S)NC(c2ccc(O)cc2)C1. The standard InChI is InChI=1S/C19H15N3O2S2/c23-13-7-5-11(6-8-13)14-10-17(22-19(25)21-14)20-15-9-12-3-1-2-4-16(12)26-18(15)24/h1-9,14,23H,10H2,(H2,20,21,22,25). The molecule has 7 heteroatoms. The summed E-state index contributed by atoms with van der Waals surface area (Å²) in [7, 11) is 0. The summed E-state index contributed by atoms with van der Waals surface area (Å²) < 4.78 is 0.907. The largest absolute Gasteiger partial charge is 0.508 e. The van der Waals surface area contributed by atoms with E-state index in [1.54, 1.807) is 12.1 Å². The number of fused-ring (bicyclic) bond motifs is 1. The molecule has 2 heterocycles. The van der Waals surface area contributed by atoms with Gasteiger partial charge in [0.1, 0.15) is 11.6 Å². The lowest BCUT2D eigenvalue weighted by Crippen LogP contribution is -2.36.